The molecule has 0 spiro atoms. The quantitative estimate of drug-likeness (QED) is 0.0401. The molecule has 0 aliphatic heterocycles. The highest BCUT2D eigenvalue weighted by Gasteiger charge is 2.52. The first-order valence-corrected chi connectivity index (χ1v) is 20.3. The van der Waals surface area contributed by atoms with Crippen LogP contribution in [0, 0.1) is 11.8 Å². The summed E-state index contributed by atoms with van der Waals surface area (Å²) in [6, 6.07) is 0. The maximum Gasteiger partial charge on any atom is 0.306 e. The molecule has 0 radical (unpaired) electrons. The predicted octanol–water partition coefficient (Wildman–Crippen LogP) is 8.43. The summed E-state index contributed by atoms with van der Waals surface area (Å²) in [6.07, 6.45) is 20.8. The van der Waals surface area contributed by atoms with E-state index in [4.69, 9.17) is 14.2 Å². The highest BCUT2D eigenvalue weighted by Crippen LogP contribution is 2.28. The van der Waals surface area contributed by atoms with E-state index >= 15 is 0 Å². The van der Waals surface area contributed by atoms with Gasteiger partial charge in [0.05, 0.1) is 13.2 Å². The van der Waals surface area contributed by atoms with Crippen LogP contribution < -0.4 is 0 Å². The van der Waals surface area contributed by atoms with Crippen molar-refractivity contribution in [2.45, 2.75) is 218 Å². The lowest BCUT2D eigenvalue weighted by molar-refractivity contribution is -0.168. The van der Waals surface area contributed by atoms with Crippen LogP contribution in [0.3, 0.4) is 0 Å². The predicted molar refractivity (Wildman–Crippen MR) is 195 cm³/mol. The van der Waals surface area contributed by atoms with Crippen molar-refractivity contribution in [3.8, 4) is 0 Å². The third kappa shape index (κ3) is 22.1. The number of aliphatic hydroxyl groups is 4. The number of carbonyl (C=O) groups excluding carboxylic acids is 1. The van der Waals surface area contributed by atoms with Crippen molar-refractivity contribution in [1.29, 1.82) is 0 Å². The smallest absolute Gasteiger partial charge is 0.306 e. The van der Waals surface area contributed by atoms with E-state index in [1.54, 1.807) is 0 Å². The van der Waals surface area contributed by atoms with E-state index in [1.807, 2.05) is 0 Å². The van der Waals surface area contributed by atoms with Crippen molar-refractivity contribution in [3.63, 3.8) is 0 Å². The normalized spacial score (nSPS) is 23.0. The van der Waals surface area contributed by atoms with Crippen molar-refractivity contribution in [1.82, 2.24) is 0 Å². The Bertz CT molecular complexity index is 736. The molecule has 8 heteroatoms. The second-order valence-corrected chi connectivity index (χ2v) is 15.1. The van der Waals surface area contributed by atoms with Gasteiger partial charge in [-0.25, -0.2) is 0 Å². The summed E-state index contributed by atoms with van der Waals surface area (Å²) in [7, 11) is 0. The van der Waals surface area contributed by atoms with E-state index in [-0.39, 0.29) is 19.6 Å². The molecule has 286 valence electrons. The lowest BCUT2D eigenvalue weighted by Crippen LogP contribution is -2.41. The van der Waals surface area contributed by atoms with E-state index in [0.29, 0.717) is 13.0 Å². The van der Waals surface area contributed by atoms with E-state index in [2.05, 4.69) is 27.7 Å². The van der Waals surface area contributed by atoms with Crippen LogP contribution in [0.5, 0.6) is 0 Å². The van der Waals surface area contributed by atoms with Crippen LogP contribution in [0.25, 0.3) is 0 Å². The lowest BCUT2D eigenvalue weighted by Gasteiger charge is -2.24. The zero-order valence-electron chi connectivity index (χ0n) is 31.6. The van der Waals surface area contributed by atoms with Gasteiger partial charge in [-0.1, -0.05) is 163 Å². The van der Waals surface area contributed by atoms with Crippen LogP contribution in [0.2, 0.25) is 0 Å². The largest absolute Gasteiger partial charge is 0.457 e. The molecule has 0 bridgehead atoms. The maximum absolute atomic E-state index is 12.5. The van der Waals surface area contributed by atoms with Crippen molar-refractivity contribution in [2.75, 3.05) is 19.8 Å². The molecule has 1 rings (SSSR count). The van der Waals surface area contributed by atoms with Crippen molar-refractivity contribution >= 4 is 5.97 Å². The molecule has 1 fully saturated rings. The summed E-state index contributed by atoms with van der Waals surface area (Å²) in [5.41, 5.74) is 0. The Kier molecular flexibility index (Phi) is 28.2. The van der Waals surface area contributed by atoms with E-state index in [1.165, 1.54) is 116 Å². The second kappa shape index (κ2) is 29.9. The van der Waals surface area contributed by atoms with Crippen LogP contribution in [0.15, 0.2) is 0 Å². The molecule has 0 heterocycles. The Balaban J connectivity index is 2.11. The van der Waals surface area contributed by atoms with Gasteiger partial charge in [-0.05, 0) is 24.7 Å². The summed E-state index contributed by atoms with van der Waals surface area (Å²) in [4.78, 5) is 12.5. The van der Waals surface area contributed by atoms with Gasteiger partial charge in [0.25, 0.3) is 0 Å². The number of unbranched alkanes of at least 4 members (excludes halogenated alkanes) is 16. The minimum atomic E-state index is -1.49. The Morgan fingerprint density at radius 2 is 1.06 bits per heavy atom. The number of aliphatic hydroxyl groups excluding tert-OH is 4. The van der Waals surface area contributed by atoms with Gasteiger partial charge in [0.2, 0.25) is 0 Å². The molecular formula is C40H78O8. The van der Waals surface area contributed by atoms with Crippen LogP contribution in [-0.2, 0) is 19.0 Å². The summed E-state index contributed by atoms with van der Waals surface area (Å²) in [6.45, 7) is 9.73. The summed E-state index contributed by atoms with van der Waals surface area (Å²) < 4.78 is 16.7. The fourth-order valence-electron chi connectivity index (χ4n) is 6.68. The van der Waals surface area contributed by atoms with Gasteiger partial charge in [0.1, 0.15) is 30.5 Å². The molecule has 0 aromatic heterocycles. The van der Waals surface area contributed by atoms with E-state index in [9.17, 15) is 25.2 Å². The third-order valence-electron chi connectivity index (χ3n) is 10.3. The van der Waals surface area contributed by atoms with Crippen molar-refractivity contribution in [2.24, 2.45) is 11.8 Å². The van der Waals surface area contributed by atoms with E-state index in [0.717, 1.165) is 37.5 Å². The molecule has 8 nitrogen and oxygen atoms in total. The molecule has 4 N–H and O–H groups in total. The van der Waals surface area contributed by atoms with Gasteiger partial charge in [0, 0.05) is 13.0 Å². The minimum Gasteiger partial charge on any atom is -0.457 e. The fourth-order valence-corrected chi connectivity index (χ4v) is 6.68. The SMILES string of the molecule is CCCCCC[C@H](C)CCCCCCCCCOC[C@H](O)CO[C@@H]1[C@@H](O)[C@H](O)[C@@H](O)[C@@H]1OC(=O)CCCCCCCCCC[C@H](C)CC. The van der Waals surface area contributed by atoms with Gasteiger partial charge < -0.3 is 34.6 Å². The summed E-state index contributed by atoms with van der Waals surface area (Å²) in [5, 5.41) is 41.3. The van der Waals surface area contributed by atoms with Crippen molar-refractivity contribution in [3.05, 3.63) is 0 Å². The average Bonchev–Trinajstić information content (AvgIpc) is 3.27. The Morgan fingerprint density at radius 1 is 0.583 bits per heavy atom. The number of hydrogen-bond acceptors (Lipinski definition) is 8. The lowest BCUT2D eigenvalue weighted by atomic mass is 9.96. The monoisotopic (exact) mass is 687 g/mol. The maximum atomic E-state index is 12.5. The van der Waals surface area contributed by atoms with Crippen LogP contribution in [-0.4, -0.2) is 82.8 Å². The Morgan fingerprint density at radius 3 is 1.62 bits per heavy atom. The molecule has 1 aliphatic rings. The third-order valence-corrected chi connectivity index (χ3v) is 10.3. The number of ether oxygens (including phenoxy) is 3. The van der Waals surface area contributed by atoms with Crippen LogP contribution >= 0.6 is 0 Å². The Labute approximate surface area is 295 Å². The van der Waals surface area contributed by atoms with Crippen molar-refractivity contribution < 1.29 is 39.4 Å². The zero-order chi connectivity index (χ0) is 35.4. The summed E-state index contributed by atoms with van der Waals surface area (Å²) >= 11 is 0. The van der Waals surface area contributed by atoms with Crippen LogP contribution in [0.1, 0.15) is 182 Å². The molecule has 1 saturated carbocycles. The van der Waals surface area contributed by atoms with Crippen LogP contribution in [0.4, 0.5) is 0 Å². The molecule has 8 atom stereocenters. The molecule has 0 aromatic carbocycles. The van der Waals surface area contributed by atoms with Gasteiger partial charge in [-0.2, -0.15) is 0 Å². The van der Waals surface area contributed by atoms with Gasteiger partial charge >= 0.3 is 5.97 Å². The number of rotatable bonds is 33. The highest BCUT2D eigenvalue weighted by molar-refractivity contribution is 5.69. The molecule has 0 amide bonds. The molecule has 1 aliphatic carbocycles. The van der Waals surface area contributed by atoms with E-state index < -0.39 is 42.6 Å². The number of hydrogen-bond donors (Lipinski definition) is 4. The average molecular weight is 687 g/mol. The van der Waals surface area contributed by atoms with Gasteiger partial charge in [-0.15, -0.1) is 0 Å². The molecular weight excluding hydrogens is 608 g/mol. The highest BCUT2D eigenvalue weighted by atomic mass is 16.6. The number of carbonyl (C=O) groups is 1. The number of esters is 1. The summed E-state index contributed by atoms with van der Waals surface area (Å²) in [5.74, 6) is 1.21. The minimum absolute atomic E-state index is 0.0903. The Hall–Kier alpha value is -0.770. The topological polar surface area (TPSA) is 126 Å². The molecule has 48 heavy (non-hydrogen) atoms. The molecule has 0 unspecified atom stereocenters. The zero-order valence-corrected chi connectivity index (χ0v) is 31.6. The van der Waals surface area contributed by atoms with Gasteiger partial charge in [0.15, 0.2) is 6.10 Å². The first-order valence-electron chi connectivity index (χ1n) is 20.3. The molecule has 0 saturated heterocycles. The first kappa shape index (κ1) is 45.3. The first-order chi connectivity index (χ1) is 23.2. The van der Waals surface area contributed by atoms with Gasteiger partial charge in [-0.3, -0.25) is 4.79 Å². The second-order valence-electron chi connectivity index (χ2n) is 15.1. The standard InChI is InChI=1S/C40H78O8/c1-5-7-8-20-26-33(4)27-22-17-13-11-15-19-24-29-46-30-34(41)31-47-39-37(44)36(43)38(45)40(39)48-35(42)28-23-18-14-10-9-12-16-21-25-32(3)6-2/h32-34,36-41,43-45H,5-31H2,1-4H3/t32-,33+,34+,36+,37+,38-,39-,40+/m1/s1. The fraction of sp³-hybridized carbons (Fsp3) is 0.975. The molecule has 0 aromatic rings.